The summed E-state index contributed by atoms with van der Waals surface area (Å²) in [5, 5.41) is 1.13. The van der Waals surface area contributed by atoms with Crippen molar-refractivity contribution in [3.63, 3.8) is 0 Å². The molecule has 0 fully saturated rings. The lowest BCUT2D eigenvalue weighted by Gasteiger charge is -1.99. The molecule has 84 valence electrons. The van der Waals surface area contributed by atoms with Gasteiger partial charge in [-0.15, -0.1) is 0 Å². The standard InChI is InChI=1S/C13H16N2O/c1-2-13(16)15-9-10(7-8-14)11-5-3-4-6-12(11)15/h3-6,9H,2,7-8,14H2,1H3. The molecule has 1 aromatic carbocycles. The molecule has 2 N–H and O–H groups in total. The highest BCUT2D eigenvalue weighted by atomic mass is 16.1. The molecule has 0 aliphatic rings. The minimum atomic E-state index is 0.125. The number of hydrogen-bond donors (Lipinski definition) is 1. The molecule has 1 aromatic heterocycles. The number of fused-ring (bicyclic) bond motifs is 1. The first-order valence-corrected chi connectivity index (χ1v) is 5.60. The van der Waals surface area contributed by atoms with Crippen molar-refractivity contribution >= 4 is 16.8 Å². The number of carbonyl (C=O) groups excluding carboxylic acids is 1. The fourth-order valence-electron chi connectivity index (χ4n) is 1.98. The average molecular weight is 216 g/mol. The molecule has 0 radical (unpaired) electrons. The van der Waals surface area contributed by atoms with Gasteiger partial charge in [0, 0.05) is 18.0 Å². The molecule has 0 aliphatic carbocycles. The van der Waals surface area contributed by atoms with Crippen LogP contribution in [0.5, 0.6) is 0 Å². The molecule has 0 bridgehead atoms. The Morgan fingerprint density at radius 3 is 2.81 bits per heavy atom. The third kappa shape index (κ3) is 1.74. The molecule has 0 saturated heterocycles. The fourth-order valence-corrected chi connectivity index (χ4v) is 1.98. The molecule has 0 unspecified atom stereocenters. The van der Waals surface area contributed by atoms with E-state index in [1.807, 2.05) is 37.4 Å². The zero-order valence-corrected chi connectivity index (χ0v) is 9.44. The number of aromatic nitrogens is 1. The van der Waals surface area contributed by atoms with Crippen LogP contribution in [0.1, 0.15) is 23.7 Å². The largest absolute Gasteiger partial charge is 0.330 e. The molecule has 0 saturated carbocycles. The topological polar surface area (TPSA) is 48.0 Å². The van der Waals surface area contributed by atoms with Crippen molar-refractivity contribution in [1.29, 1.82) is 0 Å². The molecule has 2 aromatic rings. The van der Waals surface area contributed by atoms with Crippen molar-refractivity contribution in [2.45, 2.75) is 19.8 Å². The van der Waals surface area contributed by atoms with Gasteiger partial charge in [-0.05, 0) is 24.6 Å². The van der Waals surface area contributed by atoms with Gasteiger partial charge in [-0.2, -0.15) is 0 Å². The van der Waals surface area contributed by atoms with E-state index in [0.717, 1.165) is 22.9 Å². The minimum Gasteiger partial charge on any atom is -0.330 e. The van der Waals surface area contributed by atoms with E-state index in [4.69, 9.17) is 5.73 Å². The molecular weight excluding hydrogens is 200 g/mol. The van der Waals surface area contributed by atoms with Crippen molar-refractivity contribution in [2.24, 2.45) is 5.73 Å². The Hall–Kier alpha value is -1.61. The Bertz CT molecular complexity index is 514. The fraction of sp³-hybridized carbons (Fsp3) is 0.308. The molecule has 3 nitrogen and oxygen atoms in total. The summed E-state index contributed by atoms with van der Waals surface area (Å²) in [4.78, 5) is 11.8. The van der Waals surface area contributed by atoms with Gasteiger partial charge in [0.2, 0.25) is 5.91 Å². The van der Waals surface area contributed by atoms with Gasteiger partial charge in [0.05, 0.1) is 5.52 Å². The Morgan fingerprint density at radius 2 is 2.12 bits per heavy atom. The van der Waals surface area contributed by atoms with Gasteiger partial charge in [0.1, 0.15) is 0 Å². The van der Waals surface area contributed by atoms with Gasteiger partial charge < -0.3 is 5.73 Å². The predicted octanol–water partition coefficient (Wildman–Crippen LogP) is 2.19. The van der Waals surface area contributed by atoms with Gasteiger partial charge >= 0.3 is 0 Å². The number of nitrogens with two attached hydrogens (primary N) is 1. The monoisotopic (exact) mass is 216 g/mol. The van der Waals surface area contributed by atoms with Crippen LogP contribution < -0.4 is 5.73 Å². The van der Waals surface area contributed by atoms with Crippen LogP contribution in [0.15, 0.2) is 30.5 Å². The third-order valence-corrected chi connectivity index (χ3v) is 2.78. The number of para-hydroxylation sites is 1. The second kappa shape index (κ2) is 4.49. The summed E-state index contributed by atoms with van der Waals surface area (Å²) < 4.78 is 1.74. The van der Waals surface area contributed by atoms with E-state index in [1.54, 1.807) is 4.57 Å². The first kappa shape index (κ1) is 10.9. The molecule has 3 heteroatoms. The highest BCUT2D eigenvalue weighted by molar-refractivity contribution is 5.94. The number of nitrogens with zero attached hydrogens (tertiary/aromatic N) is 1. The Labute approximate surface area is 94.9 Å². The second-order valence-electron chi connectivity index (χ2n) is 3.83. The quantitative estimate of drug-likeness (QED) is 0.855. The third-order valence-electron chi connectivity index (χ3n) is 2.78. The highest BCUT2D eigenvalue weighted by Crippen LogP contribution is 2.21. The normalized spacial score (nSPS) is 10.9. The summed E-state index contributed by atoms with van der Waals surface area (Å²) in [6, 6.07) is 7.96. The maximum absolute atomic E-state index is 11.8. The van der Waals surface area contributed by atoms with Crippen LogP contribution in [0.25, 0.3) is 10.9 Å². The van der Waals surface area contributed by atoms with Crippen molar-refractivity contribution < 1.29 is 4.79 Å². The molecule has 0 amide bonds. The molecular formula is C13H16N2O. The van der Waals surface area contributed by atoms with E-state index in [2.05, 4.69) is 0 Å². The number of hydrogen-bond acceptors (Lipinski definition) is 2. The summed E-state index contributed by atoms with van der Waals surface area (Å²) in [6.07, 6.45) is 3.24. The minimum absolute atomic E-state index is 0.125. The van der Waals surface area contributed by atoms with E-state index < -0.39 is 0 Å². The van der Waals surface area contributed by atoms with Gasteiger partial charge in [-0.25, -0.2) is 0 Å². The van der Waals surface area contributed by atoms with Gasteiger partial charge in [0.25, 0.3) is 0 Å². The van der Waals surface area contributed by atoms with Gasteiger partial charge in [-0.1, -0.05) is 25.1 Å². The van der Waals surface area contributed by atoms with Crippen molar-refractivity contribution in [3.05, 3.63) is 36.0 Å². The number of carbonyl (C=O) groups is 1. The van der Waals surface area contributed by atoms with E-state index in [9.17, 15) is 4.79 Å². The van der Waals surface area contributed by atoms with Crippen LogP contribution in [0.3, 0.4) is 0 Å². The highest BCUT2D eigenvalue weighted by Gasteiger charge is 2.10. The smallest absolute Gasteiger partial charge is 0.230 e. The Morgan fingerprint density at radius 1 is 1.38 bits per heavy atom. The second-order valence-corrected chi connectivity index (χ2v) is 3.83. The summed E-state index contributed by atoms with van der Waals surface area (Å²) in [6.45, 7) is 2.48. The summed E-state index contributed by atoms with van der Waals surface area (Å²) in [5.74, 6) is 0.125. The lowest BCUT2D eigenvalue weighted by atomic mass is 10.1. The van der Waals surface area contributed by atoms with Crippen LogP contribution in [0, 0.1) is 0 Å². The van der Waals surface area contributed by atoms with Crippen LogP contribution in [0.4, 0.5) is 0 Å². The van der Waals surface area contributed by atoms with Gasteiger partial charge in [0.15, 0.2) is 0 Å². The number of benzene rings is 1. The first-order chi connectivity index (χ1) is 7.77. The van der Waals surface area contributed by atoms with E-state index in [0.29, 0.717) is 13.0 Å². The number of rotatable bonds is 3. The molecule has 0 spiro atoms. The summed E-state index contributed by atoms with van der Waals surface area (Å²) in [7, 11) is 0. The lowest BCUT2D eigenvalue weighted by molar-refractivity contribution is 0.0914. The van der Waals surface area contributed by atoms with Crippen LogP contribution in [0.2, 0.25) is 0 Å². The maximum Gasteiger partial charge on any atom is 0.230 e. The SMILES string of the molecule is CCC(=O)n1cc(CCN)c2ccccc21. The van der Waals surface area contributed by atoms with E-state index in [1.165, 1.54) is 0 Å². The lowest BCUT2D eigenvalue weighted by Crippen LogP contribution is -2.07. The average Bonchev–Trinajstić information content (AvgIpc) is 2.68. The summed E-state index contributed by atoms with van der Waals surface area (Å²) >= 11 is 0. The van der Waals surface area contributed by atoms with Crippen LogP contribution in [-0.4, -0.2) is 17.0 Å². The summed E-state index contributed by atoms with van der Waals surface area (Å²) in [5.41, 5.74) is 7.71. The van der Waals surface area contributed by atoms with Crippen LogP contribution in [-0.2, 0) is 6.42 Å². The van der Waals surface area contributed by atoms with Gasteiger partial charge in [-0.3, -0.25) is 9.36 Å². The van der Waals surface area contributed by atoms with E-state index in [-0.39, 0.29) is 5.91 Å². The molecule has 0 atom stereocenters. The Kier molecular flexibility index (Phi) is 3.06. The predicted molar refractivity (Wildman–Crippen MR) is 65.6 cm³/mol. The maximum atomic E-state index is 11.8. The molecule has 16 heavy (non-hydrogen) atoms. The first-order valence-electron chi connectivity index (χ1n) is 5.60. The van der Waals surface area contributed by atoms with Crippen molar-refractivity contribution in [2.75, 3.05) is 6.54 Å². The van der Waals surface area contributed by atoms with Crippen molar-refractivity contribution in [3.8, 4) is 0 Å². The molecule has 1 heterocycles. The molecule has 0 aliphatic heterocycles. The van der Waals surface area contributed by atoms with E-state index >= 15 is 0 Å². The van der Waals surface area contributed by atoms with Crippen molar-refractivity contribution in [1.82, 2.24) is 4.57 Å². The zero-order valence-electron chi connectivity index (χ0n) is 9.44. The molecule has 2 rings (SSSR count). The van der Waals surface area contributed by atoms with Crippen LogP contribution >= 0.6 is 0 Å². The Balaban J connectivity index is 2.61. The zero-order chi connectivity index (χ0) is 11.5.